The van der Waals surface area contributed by atoms with Gasteiger partial charge in [-0.05, 0) is 42.8 Å². The molecular weight excluding hydrogens is 432 g/mol. The molecule has 0 bridgehead atoms. The lowest BCUT2D eigenvalue weighted by atomic mass is 10.1. The van der Waals surface area contributed by atoms with Crippen molar-refractivity contribution in [2.75, 3.05) is 16.7 Å². The number of anilines is 2. The van der Waals surface area contributed by atoms with Gasteiger partial charge in [0.05, 0.1) is 10.6 Å². The molecule has 0 atom stereocenters. The van der Waals surface area contributed by atoms with E-state index in [1.807, 2.05) is 6.07 Å². The zero-order valence-corrected chi connectivity index (χ0v) is 21.1. The van der Waals surface area contributed by atoms with E-state index >= 15 is 0 Å². The van der Waals surface area contributed by atoms with Gasteiger partial charge in [-0.25, -0.2) is 8.42 Å². The predicted octanol–water partition coefficient (Wildman–Crippen LogP) is 7.15. The summed E-state index contributed by atoms with van der Waals surface area (Å²) < 4.78 is 26.9. The standard InChI is InChI=1S/C27H40N2O3S/c1-3-4-5-6-7-8-9-10-11-12-16-19-27(30)28-24-20-22-26(23-21-24)33(31,32)29(2)25-17-14-13-15-18-25/h13-15,17-18,20-23H,3-12,16,19H2,1-2H3,(H,28,30). The molecule has 2 aromatic carbocycles. The number of amides is 1. The second kappa shape index (κ2) is 14.7. The molecule has 0 aliphatic carbocycles. The maximum absolute atomic E-state index is 12.8. The van der Waals surface area contributed by atoms with Gasteiger partial charge in [-0.1, -0.05) is 89.3 Å². The number of sulfonamides is 1. The van der Waals surface area contributed by atoms with Gasteiger partial charge in [0.25, 0.3) is 10.0 Å². The van der Waals surface area contributed by atoms with Crippen LogP contribution in [0.4, 0.5) is 11.4 Å². The number of carbonyl (C=O) groups is 1. The van der Waals surface area contributed by atoms with Gasteiger partial charge in [-0.3, -0.25) is 9.10 Å². The molecular formula is C27H40N2O3S. The molecule has 0 saturated carbocycles. The Morgan fingerprint density at radius 1 is 0.758 bits per heavy atom. The van der Waals surface area contributed by atoms with Gasteiger partial charge in [0.2, 0.25) is 5.91 Å². The van der Waals surface area contributed by atoms with Crippen LogP contribution in [0.1, 0.15) is 84.0 Å². The second-order valence-corrected chi connectivity index (χ2v) is 10.6. The summed E-state index contributed by atoms with van der Waals surface area (Å²) in [6.07, 6.45) is 14.3. The maximum Gasteiger partial charge on any atom is 0.264 e. The van der Waals surface area contributed by atoms with Gasteiger partial charge in [0, 0.05) is 19.2 Å². The van der Waals surface area contributed by atoms with E-state index in [9.17, 15) is 13.2 Å². The molecule has 0 unspecified atom stereocenters. The lowest BCUT2D eigenvalue weighted by Gasteiger charge is -2.19. The van der Waals surface area contributed by atoms with Crippen molar-refractivity contribution in [3.63, 3.8) is 0 Å². The number of nitrogens with one attached hydrogen (secondary N) is 1. The molecule has 1 N–H and O–H groups in total. The molecule has 0 saturated heterocycles. The quantitative estimate of drug-likeness (QED) is 0.264. The highest BCUT2D eigenvalue weighted by Gasteiger charge is 2.21. The summed E-state index contributed by atoms with van der Waals surface area (Å²) in [6, 6.07) is 15.3. The Morgan fingerprint density at radius 3 is 1.82 bits per heavy atom. The number of unbranched alkanes of at least 4 members (excludes halogenated alkanes) is 10. The van der Waals surface area contributed by atoms with E-state index in [1.165, 1.54) is 81.3 Å². The highest BCUT2D eigenvalue weighted by molar-refractivity contribution is 7.92. The normalized spacial score (nSPS) is 11.3. The first-order chi connectivity index (χ1) is 15.9. The third kappa shape index (κ3) is 9.58. The van der Waals surface area contributed by atoms with Gasteiger partial charge < -0.3 is 5.32 Å². The minimum Gasteiger partial charge on any atom is -0.326 e. The summed E-state index contributed by atoms with van der Waals surface area (Å²) in [5.41, 5.74) is 1.21. The summed E-state index contributed by atoms with van der Waals surface area (Å²) in [5, 5.41) is 2.87. The first-order valence-corrected chi connectivity index (χ1v) is 13.8. The van der Waals surface area contributed by atoms with Crippen molar-refractivity contribution >= 4 is 27.3 Å². The van der Waals surface area contributed by atoms with Crippen LogP contribution in [0.25, 0.3) is 0 Å². The molecule has 0 aromatic heterocycles. The zero-order chi connectivity index (χ0) is 23.9. The van der Waals surface area contributed by atoms with E-state index in [0.29, 0.717) is 17.8 Å². The molecule has 2 aromatic rings. The molecule has 1 amide bonds. The molecule has 5 nitrogen and oxygen atoms in total. The van der Waals surface area contributed by atoms with Gasteiger partial charge in [0.1, 0.15) is 0 Å². The highest BCUT2D eigenvalue weighted by Crippen LogP contribution is 2.23. The average Bonchev–Trinajstić information content (AvgIpc) is 2.83. The fourth-order valence-corrected chi connectivity index (χ4v) is 5.01. The fraction of sp³-hybridized carbons (Fsp3) is 0.519. The third-order valence-electron chi connectivity index (χ3n) is 5.92. The highest BCUT2D eigenvalue weighted by atomic mass is 32.2. The van der Waals surface area contributed by atoms with Crippen LogP contribution in [0.3, 0.4) is 0 Å². The number of hydrogen-bond donors (Lipinski definition) is 1. The van der Waals surface area contributed by atoms with Crippen molar-refractivity contribution in [1.82, 2.24) is 0 Å². The fourth-order valence-electron chi connectivity index (χ4n) is 3.82. The SMILES string of the molecule is CCCCCCCCCCCCCC(=O)Nc1ccc(S(=O)(=O)N(C)c2ccccc2)cc1. The summed E-state index contributed by atoms with van der Waals surface area (Å²) >= 11 is 0. The number of hydrogen-bond acceptors (Lipinski definition) is 3. The Balaban J connectivity index is 1.66. The topological polar surface area (TPSA) is 66.5 Å². The van der Waals surface area contributed by atoms with Gasteiger partial charge >= 0.3 is 0 Å². The Bertz CT molecular complexity index is 912. The first-order valence-electron chi connectivity index (χ1n) is 12.4. The summed E-state index contributed by atoms with van der Waals surface area (Å²) in [4.78, 5) is 12.4. The van der Waals surface area contributed by atoms with Crippen LogP contribution in [0.2, 0.25) is 0 Å². The molecule has 182 valence electrons. The Morgan fingerprint density at radius 2 is 1.27 bits per heavy atom. The van der Waals surface area contributed by atoms with Crippen molar-refractivity contribution in [1.29, 1.82) is 0 Å². The predicted molar refractivity (Wildman–Crippen MR) is 138 cm³/mol. The number of para-hydroxylation sites is 1. The monoisotopic (exact) mass is 472 g/mol. The van der Waals surface area contributed by atoms with Crippen LogP contribution < -0.4 is 9.62 Å². The minimum absolute atomic E-state index is 0.0251. The number of carbonyl (C=O) groups excluding carboxylic acids is 1. The number of nitrogens with zero attached hydrogens (tertiary/aromatic N) is 1. The van der Waals surface area contributed by atoms with Crippen molar-refractivity contribution < 1.29 is 13.2 Å². The van der Waals surface area contributed by atoms with E-state index in [0.717, 1.165) is 12.8 Å². The Hall–Kier alpha value is -2.34. The van der Waals surface area contributed by atoms with Crippen LogP contribution in [0, 0.1) is 0 Å². The first kappa shape index (κ1) is 26.9. The molecule has 0 spiro atoms. The molecule has 33 heavy (non-hydrogen) atoms. The molecule has 0 heterocycles. The Kier molecular flexibility index (Phi) is 12.0. The zero-order valence-electron chi connectivity index (χ0n) is 20.3. The molecule has 6 heteroatoms. The number of rotatable bonds is 16. The van der Waals surface area contributed by atoms with Gasteiger partial charge in [-0.2, -0.15) is 0 Å². The van der Waals surface area contributed by atoms with Crippen molar-refractivity contribution in [2.45, 2.75) is 88.9 Å². The van der Waals surface area contributed by atoms with Crippen molar-refractivity contribution in [3.05, 3.63) is 54.6 Å². The molecule has 2 rings (SSSR count). The van der Waals surface area contributed by atoms with E-state index in [2.05, 4.69) is 12.2 Å². The smallest absolute Gasteiger partial charge is 0.264 e. The lowest BCUT2D eigenvalue weighted by Crippen LogP contribution is -2.26. The van der Waals surface area contributed by atoms with E-state index in [-0.39, 0.29) is 10.8 Å². The lowest BCUT2D eigenvalue weighted by molar-refractivity contribution is -0.116. The third-order valence-corrected chi connectivity index (χ3v) is 7.72. The van der Waals surface area contributed by atoms with E-state index in [1.54, 1.807) is 36.4 Å². The van der Waals surface area contributed by atoms with Crippen LogP contribution in [0.5, 0.6) is 0 Å². The largest absolute Gasteiger partial charge is 0.326 e. The average molecular weight is 473 g/mol. The van der Waals surface area contributed by atoms with Crippen molar-refractivity contribution in [3.8, 4) is 0 Å². The summed E-state index contributed by atoms with van der Waals surface area (Å²) in [7, 11) is -2.11. The molecule has 0 radical (unpaired) electrons. The van der Waals surface area contributed by atoms with E-state index < -0.39 is 10.0 Å². The Labute approximate surface area is 200 Å². The molecule has 0 aliphatic heterocycles. The van der Waals surface area contributed by atoms with Crippen molar-refractivity contribution in [2.24, 2.45) is 0 Å². The van der Waals surface area contributed by atoms with Crippen LogP contribution in [-0.4, -0.2) is 21.4 Å². The van der Waals surface area contributed by atoms with Gasteiger partial charge in [0.15, 0.2) is 0 Å². The molecule has 0 fully saturated rings. The van der Waals surface area contributed by atoms with Crippen LogP contribution >= 0.6 is 0 Å². The second-order valence-electron chi connectivity index (χ2n) is 8.67. The van der Waals surface area contributed by atoms with Crippen LogP contribution in [-0.2, 0) is 14.8 Å². The molecule has 0 aliphatic rings. The van der Waals surface area contributed by atoms with Gasteiger partial charge in [-0.15, -0.1) is 0 Å². The number of benzene rings is 2. The summed E-state index contributed by atoms with van der Waals surface area (Å²) in [6.45, 7) is 2.25. The van der Waals surface area contributed by atoms with Crippen LogP contribution in [0.15, 0.2) is 59.5 Å². The van der Waals surface area contributed by atoms with E-state index in [4.69, 9.17) is 0 Å². The maximum atomic E-state index is 12.8. The summed E-state index contributed by atoms with van der Waals surface area (Å²) in [5.74, 6) is -0.0251. The minimum atomic E-state index is -3.65.